The van der Waals surface area contributed by atoms with Crippen molar-refractivity contribution in [1.82, 2.24) is 5.32 Å². The number of nitrogens with one attached hydrogen (secondary N) is 1. The Kier molecular flexibility index (Phi) is 4.66. The number of amides is 1. The zero-order valence-electron chi connectivity index (χ0n) is 11.8. The summed E-state index contributed by atoms with van der Waals surface area (Å²) in [6.07, 6.45) is 7.84. The van der Waals surface area contributed by atoms with Crippen LogP contribution >= 0.6 is 0 Å². The molecule has 0 heterocycles. The maximum atomic E-state index is 11.8. The fourth-order valence-corrected chi connectivity index (χ4v) is 3.74. The summed E-state index contributed by atoms with van der Waals surface area (Å²) in [4.78, 5) is 11.8. The predicted octanol–water partition coefficient (Wildman–Crippen LogP) is 2.30. The molecule has 0 radical (unpaired) electrons. The lowest BCUT2D eigenvalue weighted by atomic mass is 9.86. The average molecular weight is 252 g/mol. The molecule has 18 heavy (non-hydrogen) atoms. The van der Waals surface area contributed by atoms with Crippen LogP contribution in [0.3, 0.4) is 0 Å². The lowest BCUT2D eigenvalue weighted by Gasteiger charge is -2.22. The maximum absolute atomic E-state index is 11.8. The number of hydrogen-bond donors (Lipinski definition) is 2. The highest BCUT2D eigenvalue weighted by Crippen LogP contribution is 2.49. The first-order valence-electron chi connectivity index (χ1n) is 7.65. The zero-order valence-corrected chi connectivity index (χ0v) is 11.8. The first-order valence-corrected chi connectivity index (χ1v) is 7.65. The zero-order chi connectivity index (χ0) is 13.1. The summed E-state index contributed by atoms with van der Waals surface area (Å²) in [5.74, 6) is 3.12. The van der Waals surface area contributed by atoms with Gasteiger partial charge >= 0.3 is 0 Å². The summed E-state index contributed by atoms with van der Waals surface area (Å²) in [7, 11) is 0. The SMILES string of the molecule is CCC(C)C(N)C(=O)NCCC1CC2CCC1C2. The highest BCUT2D eigenvalue weighted by Gasteiger charge is 2.38. The molecule has 0 aliphatic heterocycles. The first-order chi connectivity index (χ1) is 8.61. The van der Waals surface area contributed by atoms with Crippen molar-refractivity contribution in [3.63, 3.8) is 0 Å². The van der Waals surface area contributed by atoms with Gasteiger partial charge in [-0.25, -0.2) is 0 Å². The average Bonchev–Trinajstić information content (AvgIpc) is 2.99. The van der Waals surface area contributed by atoms with Gasteiger partial charge in [-0.2, -0.15) is 0 Å². The fraction of sp³-hybridized carbons (Fsp3) is 0.933. The second-order valence-electron chi connectivity index (χ2n) is 6.43. The van der Waals surface area contributed by atoms with Crippen molar-refractivity contribution in [3.8, 4) is 0 Å². The molecule has 1 amide bonds. The van der Waals surface area contributed by atoms with Crippen molar-refractivity contribution in [2.45, 2.75) is 58.4 Å². The van der Waals surface area contributed by atoms with Gasteiger partial charge in [0.05, 0.1) is 6.04 Å². The number of fused-ring (bicyclic) bond motifs is 2. The van der Waals surface area contributed by atoms with E-state index in [0.29, 0.717) is 0 Å². The summed E-state index contributed by atoms with van der Waals surface area (Å²) >= 11 is 0. The van der Waals surface area contributed by atoms with E-state index in [1.165, 1.54) is 25.7 Å². The van der Waals surface area contributed by atoms with Crippen molar-refractivity contribution >= 4 is 5.91 Å². The molecule has 2 saturated carbocycles. The number of rotatable bonds is 6. The van der Waals surface area contributed by atoms with Crippen LogP contribution in [0.5, 0.6) is 0 Å². The van der Waals surface area contributed by atoms with Gasteiger partial charge in [-0.05, 0) is 49.4 Å². The van der Waals surface area contributed by atoms with Crippen molar-refractivity contribution in [1.29, 1.82) is 0 Å². The summed E-state index contributed by atoms with van der Waals surface area (Å²) < 4.78 is 0. The van der Waals surface area contributed by atoms with Crippen LogP contribution < -0.4 is 11.1 Å². The normalized spacial score (nSPS) is 33.4. The van der Waals surface area contributed by atoms with E-state index in [1.54, 1.807) is 0 Å². The molecule has 0 aromatic carbocycles. The second-order valence-corrected chi connectivity index (χ2v) is 6.43. The number of carbonyl (C=O) groups excluding carboxylic acids is 1. The predicted molar refractivity (Wildman–Crippen MR) is 74.0 cm³/mol. The molecule has 3 nitrogen and oxygen atoms in total. The Morgan fingerprint density at radius 3 is 2.72 bits per heavy atom. The molecule has 104 valence electrons. The molecule has 3 heteroatoms. The van der Waals surface area contributed by atoms with E-state index in [2.05, 4.69) is 12.2 Å². The molecule has 0 aromatic rings. The van der Waals surface area contributed by atoms with Crippen molar-refractivity contribution in [2.75, 3.05) is 6.54 Å². The third-order valence-electron chi connectivity index (χ3n) is 5.26. The molecule has 5 unspecified atom stereocenters. The van der Waals surface area contributed by atoms with Crippen LogP contribution in [0.2, 0.25) is 0 Å². The highest BCUT2D eigenvalue weighted by molar-refractivity contribution is 5.81. The molecule has 2 aliphatic rings. The van der Waals surface area contributed by atoms with E-state index < -0.39 is 0 Å². The van der Waals surface area contributed by atoms with Gasteiger partial charge < -0.3 is 11.1 Å². The Morgan fingerprint density at radius 1 is 1.39 bits per heavy atom. The van der Waals surface area contributed by atoms with E-state index in [1.807, 2.05) is 6.92 Å². The first kappa shape index (κ1) is 13.9. The summed E-state index contributed by atoms with van der Waals surface area (Å²) in [6.45, 7) is 4.93. The van der Waals surface area contributed by atoms with E-state index in [0.717, 1.165) is 37.1 Å². The van der Waals surface area contributed by atoms with E-state index in [9.17, 15) is 4.79 Å². The molecule has 3 N–H and O–H groups in total. The second kappa shape index (κ2) is 6.05. The molecular weight excluding hydrogens is 224 g/mol. The van der Waals surface area contributed by atoms with Gasteiger partial charge in [0.2, 0.25) is 5.91 Å². The van der Waals surface area contributed by atoms with Crippen molar-refractivity contribution < 1.29 is 4.79 Å². The van der Waals surface area contributed by atoms with E-state index in [-0.39, 0.29) is 17.9 Å². The van der Waals surface area contributed by atoms with E-state index in [4.69, 9.17) is 5.73 Å². The van der Waals surface area contributed by atoms with Crippen LogP contribution in [0.1, 0.15) is 52.4 Å². The van der Waals surface area contributed by atoms with Gasteiger partial charge in [0.15, 0.2) is 0 Å². The fourth-order valence-electron chi connectivity index (χ4n) is 3.74. The Balaban J connectivity index is 1.65. The number of nitrogens with two attached hydrogens (primary N) is 1. The summed E-state index contributed by atoms with van der Waals surface area (Å²) in [5, 5.41) is 3.02. The molecule has 5 atom stereocenters. The van der Waals surface area contributed by atoms with Gasteiger partial charge in [0.25, 0.3) is 0 Å². The Morgan fingerprint density at radius 2 is 2.17 bits per heavy atom. The van der Waals surface area contributed by atoms with Crippen molar-refractivity contribution in [2.24, 2.45) is 29.4 Å². The number of carbonyl (C=O) groups is 1. The lowest BCUT2D eigenvalue weighted by Crippen LogP contribution is -2.45. The highest BCUT2D eigenvalue weighted by atomic mass is 16.2. The molecule has 2 aliphatic carbocycles. The lowest BCUT2D eigenvalue weighted by molar-refractivity contribution is -0.123. The summed E-state index contributed by atoms with van der Waals surface area (Å²) in [6, 6.07) is -0.338. The molecule has 2 fully saturated rings. The number of hydrogen-bond acceptors (Lipinski definition) is 2. The summed E-state index contributed by atoms with van der Waals surface area (Å²) in [5.41, 5.74) is 5.91. The molecule has 2 bridgehead atoms. The van der Waals surface area contributed by atoms with Crippen LogP contribution in [0.25, 0.3) is 0 Å². The molecular formula is C15H28N2O. The minimum absolute atomic E-state index is 0.0347. The van der Waals surface area contributed by atoms with Crippen LogP contribution in [0.4, 0.5) is 0 Å². The minimum atomic E-state index is -0.338. The molecule has 0 saturated heterocycles. The molecule has 0 aromatic heterocycles. The molecule has 2 rings (SSSR count). The Labute approximate surface area is 111 Å². The van der Waals surface area contributed by atoms with Gasteiger partial charge in [-0.3, -0.25) is 4.79 Å². The third-order valence-corrected chi connectivity index (χ3v) is 5.26. The van der Waals surface area contributed by atoms with Crippen LogP contribution in [-0.4, -0.2) is 18.5 Å². The Hall–Kier alpha value is -0.570. The third kappa shape index (κ3) is 3.05. The minimum Gasteiger partial charge on any atom is -0.355 e. The van der Waals surface area contributed by atoms with Crippen molar-refractivity contribution in [3.05, 3.63) is 0 Å². The van der Waals surface area contributed by atoms with Gasteiger partial charge in [-0.15, -0.1) is 0 Å². The largest absolute Gasteiger partial charge is 0.355 e. The van der Waals surface area contributed by atoms with E-state index >= 15 is 0 Å². The van der Waals surface area contributed by atoms with Gasteiger partial charge in [0, 0.05) is 6.54 Å². The monoisotopic (exact) mass is 252 g/mol. The smallest absolute Gasteiger partial charge is 0.237 e. The van der Waals surface area contributed by atoms with Gasteiger partial charge in [0.1, 0.15) is 0 Å². The van der Waals surface area contributed by atoms with Crippen LogP contribution in [0, 0.1) is 23.7 Å². The van der Waals surface area contributed by atoms with Crippen LogP contribution in [-0.2, 0) is 4.79 Å². The topological polar surface area (TPSA) is 55.1 Å². The molecule has 0 spiro atoms. The van der Waals surface area contributed by atoms with Crippen LogP contribution in [0.15, 0.2) is 0 Å². The van der Waals surface area contributed by atoms with Gasteiger partial charge in [-0.1, -0.05) is 26.7 Å². The Bertz CT molecular complexity index is 292. The quantitative estimate of drug-likeness (QED) is 0.762. The standard InChI is InChI=1S/C15H28N2O/c1-3-10(2)14(16)15(18)17-7-6-13-9-11-4-5-12(13)8-11/h10-14H,3-9,16H2,1-2H3,(H,17,18). The maximum Gasteiger partial charge on any atom is 0.237 e.